The fourth-order valence-corrected chi connectivity index (χ4v) is 1.86. The van der Waals surface area contributed by atoms with Gasteiger partial charge in [-0.15, -0.1) is 0 Å². The number of nitrogens with zero attached hydrogens (tertiary/aromatic N) is 1. The maximum atomic E-state index is 3.27. The van der Waals surface area contributed by atoms with Crippen LogP contribution in [0, 0.1) is 0 Å². The van der Waals surface area contributed by atoms with Crippen LogP contribution in [-0.2, 0) is 7.05 Å². The first-order valence-corrected chi connectivity index (χ1v) is 5.32. The van der Waals surface area contributed by atoms with Crippen LogP contribution in [0.2, 0.25) is 0 Å². The Hall–Kier alpha value is -1.18. The lowest BCUT2D eigenvalue weighted by Gasteiger charge is -2.06. The minimum absolute atomic E-state index is 0.575. The molecule has 2 nitrogen and oxygen atoms in total. The van der Waals surface area contributed by atoms with Gasteiger partial charge in [-0.1, -0.05) is 27.7 Å². The van der Waals surface area contributed by atoms with E-state index in [0.717, 1.165) is 0 Å². The largest absolute Gasteiger partial charge is 0.360 e. The number of nitrogens with one attached hydrogen (secondary N) is 1. The van der Waals surface area contributed by atoms with Crippen LogP contribution in [0.15, 0.2) is 18.5 Å². The van der Waals surface area contributed by atoms with E-state index in [4.69, 9.17) is 0 Å². The minimum Gasteiger partial charge on any atom is -0.360 e. The first-order valence-electron chi connectivity index (χ1n) is 5.32. The zero-order valence-corrected chi connectivity index (χ0v) is 9.76. The van der Waals surface area contributed by atoms with Crippen molar-refractivity contribution in [1.29, 1.82) is 0 Å². The summed E-state index contributed by atoms with van der Waals surface area (Å²) in [7, 11) is 2.10. The number of hydrogen-bond donors (Lipinski definition) is 1. The Morgan fingerprint density at radius 3 is 2.50 bits per heavy atom. The molecule has 2 rings (SSSR count). The monoisotopic (exact) mass is 192 g/mol. The summed E-state index contributed by atoms with van der Waals surface area (Å²) in [5, 5.41) is 1.31. The molecule has 0 radical (unpaired) electrons. The average molecular weight is 192 g/mol. The number of aromatic amines is 1. The summed E-state index contributed by atoms with van der Waals surface area (Å²) in [5.74, 6) is 0.575. The molecule has 0 bridgehead atoms. The molecule has 0 spiro atoms. The van der Waals surface area contributed by atoms with Crippen LogP contribution in [0.3, 0.4) is 0 Å². The number of hydrogen-bond acceptors (Lipinski definition) is 0. The van der Waals surface area contributed by atoms with E-state index in [-0.39, 0.29) is 0 Å². The van der Waals surface area contributed by atoms with Gasteiger partial charge in [-0.3, -0.25) is 0 Å². The van der Waals surface area contributed by atoms with Crippen molar-refractivity contribution in [3.8, 4) is 0 Å². The van der Waals surface area contributed by atoms with Gasteiger partial charge in [0.25, 0.3) is 0 Å². The zero-order chi connectivity index (χ0) is 10.7. The van der Waals surface area contributed by atoms with Gasteiger partial charge in [0.15, 0.2) is 0 Å². The van der Waals surface area contributed by atoms with Gasteiger partial charge >= 0.3 is 0 Å². The van der Waals surface area contributed by atoms with E-state index >= 15 is 0 Å². The van der Waals surface area contributed by atoms with Crippen LogP contribution in [0.4, 0.5) is 0 Å². The molecule has 2 aromatic rings. The third kappa shape index (κ3) is 1.69. The number of rotatable bonds is 1. The molecule has 0 aliphatic rings. The Labute approximate surface area is 85.9 Å². The molecule has 2 heteroatoms. The van der Waals surface area contributed by atoms with Crippen LogP contribution >= 0.6 is 0 Å². The lowest BCUT2D eigenvalue weighted by molar-refractivity contribution is 0.746. The SMILES string of the molecule is CC.CC(C)c1c2[nH]ccc2cn1C. The fraction of sp³-hybridized carbons (Fsp3) is 0.500. The van der Waals surface area contributed by atoms with E-state index in [1.165, 1.54) is 16.6 Å². The molecule has 2 heterocycles. The minimum atomic E-state index is 0.575. The second kappa shape index (κ2) is 4.36. The molecule has 2 aromatic heterocycles. The zero-order valence-electron chi connectivity index (χ0n) is 9.76. The highest BCUT2D eigenvalue weighted by Crippen LogP contribution is 2.25. The molecule has 0 aliphatic carbocycles. The summed E-state index contributed by atoms with van der Waals surface area (Å²) in [6, 6.07) is 2.11. The quantitative estimate of drug-likeness (QED) is 0.712. The van der Waals surface area contributed by atoms with Gasteiger partial charge in [-0.25, -0.2) is 0 Å². The maximum Gasteiger partial charge on any atom is 0.0669 e. The van der Waals surface area contributed by atoms with Crippen molar-refractivity contribution < 1.29 is 0 Å². The smallest absolute Gasteiger partial charge is 0.0669 e. The third-order valence-electron chi connectivity index (χ3n) is 2.29. The third-order valence-corrected chi connectivity index (χ3v) is 2.29. The number of fused-ring (bicyclic) bond motifs is 1. The van der Waals surface area contributed by atoms with Crippen molar-refractivity contribution in [2.24, 2.45) is 7.05 Å². The highest BCUT2D eigenvalue weighted by atomic mass is 15.0. The molecule has 14 heavy (non-hydrogen) atoms. The summed E-state index contributed by atoms with van der Waals surface area (Å²) in [5.41, 5.74) is 2.67. The Kier molecular flexibility index (Phi) is 3.39. The molecule has 0 unspecified atom stereocenters. The summed E-state index contributed by atoms with van der Waals surface area (Å²) >= 11 is 0. The summed E-state index contributed by atoms with van der Waals surface area (Å²) in [4.78, 5) is 3.27. The summed E-state index contributed by atoms with van der Waals surface area (Å²) < 4.78 is 2.20. The molecule has 1 N–H and O–H groups in total. The lowest BCUT2D eigenvalue weighted by atomic mass is 10.1. The van der Waals surface area contributed by atoms with E-state index in [2.05, 4.69) is 42.7 Å². The average Bonchev–Trinajstić information content (AvgIpc) is 2.66. The van der Waals surface area contributed by atoms with Gasteiger partial charge in [-0.2, -0.15) is 0 Å². The first kappa shape index (κ1) is 10.9. The van der Waals surface area contributed by atoms with Gasteiger partial charge < -0.3 is 9.55 Å². The van der Waals surface area contributed by atoms with Crippen molar-refractivity contribution in [3.63, 3.8) is 0 Å². The number of aryl methyl sites for hydroxylation is 1. The number of aromatic nitrogens is 2. The molecule has 0 aromatic carbocycles. The van der Waals surface area contributed by atoms with Crippen LogP contribution in [-0.4, -0.2) is 9.55 Å². The van der Waals surface area contributed by atoms with E-state index in [1.54, 1.807) is 0 Å². The van der Waals surface area contributed by atoms with Gasteiger partial charge in [0.1, 0.15) is 0 Å². The molecule has 0 atom stereocenters. The van der Waals surface area contributed by atoms with Crippen LogP contribution in [0.25, 0.3) is 10.9 Å². The molecule has 0 fully saturated rings. The molecule has 0 amide bonds. The fourth-order valence-electron chi connectivity index (χ4n) is 1.86. The van der Waals surface area contributed by atoms with E-state index < -0.39 is 0 Å². The Morgan fingerprint density at radius 1 is 1.29 bits per heavy atom. The van der Waals surface area contributed by atoms with Gasteiger partial charge in [-0.05, 0) is 12.0 Å². The Balaban J connectivity index is 0.000000461. The van der Waals surface area contributed by atoms with Crippen LogP contribution < -0.4 is 0 Å². The molecule has 0 aliphatic heterocycles. The summed E-state index contributed by atoms with van der Waals surface area (Å²) in [6.45, 7) is 8.44. The van der Waals surface area contributed by atoms with E-state index in [0.29, 0.717) is 5.92 Å². The van der Waals surface area contributed by atoms with Crippen molar-refractivity contribution >= 4 is 10.9 Å². The first-order chi connectivity index (χ1) is 6.70. The molecule has 0 saturated heterocycles. The Morgan fingerprint density at radius 2 is 1.93 bits per heavy atom. The van der Waals surface area contributed by atoms with Crippen molar-refractivity contribution in [3.05, 3.63) is 24.2 Å². The maximum absolute atomic E-state index is 3.27. The molecule has 0 saturated carbocycles. The van der Waals surface area contributed by atoms with Gasteiger partial charge in [0.2, 0.25) is 0 Å². The second-order valence-electron chi connectivity index (χ2n) is 3.59. The normalized spacial score (nSPS) is 10.4. The standard InChI is InChI=1S/C10H14N2.C2H6/c1-7(2)10-9-8(4-5-11-9)6-12(10)3;1-2/h4-7,11H,1-3H3;1-2H3. The van der Waals surface area contributed by atoms with E-state index in [1.807, 2.05) is 20.0 Å². The molecular formula is C12H20N2. The highest BCUT2D eigenvalue weighted by Gasteiger charge is 2.10. The lowest BCUT2D eigenvalue weighted by Crippen LogP contribution is -1.97. The van der Waals surface area contributed by atoms with Gasteiger partial charge in [0.05, 0.1) is 5.52 Å². The topological polar surface area (TPSA) is 20.7 Å². The highest BCUT2D eigenvalue weighted by molar-refractivity contribution is 5.82. The van der Waals surface area contributed by atoms with Crippen molar-refractivity contribution in [2.45, 2.75) is 33.6 Å². The second-order valence-corrected chi connectivity index (χ2v) is 3.59. The van der Waals surface area contributed by atoms with Crippen molar-refractivity contribution in [1.82, 2.24) is 9.55 Å². The predicted molar refractivity (Wildman–Crippen MR) is 62.7 cm³/mol. The van der Waals surface area contributed by atoms with Gasteiger partial charge in [0, 0.05) is 30.5 Å². The van der Waals surface area contributed by atoms with Crippen LogP contribution in [0.5, 0.6) is 0 Å². The Bertz CT molecular complexity index is 393. The van der Waals surface area contributed by atoms with E-state index in [9.17, 15) is 0 Å². The predicted octanol–water partition coefficient (Wildman–Crippen LogP) is 3.66. The molecular weight excluding hydrogens is 172 g/mol. The summed E-state index contributed by atoms with van der Waals surface area (Å²) in [6.07, 6.45) is 4.16. The number of H-pyrrole nitrogens is 1. The van der Waals surface area contributed by atoms with Crippen molar-refractivity contribution in [2.75, 3.05) is 0 Å². The molecule has 78 valence electrons. The van der Waals surface area contributed by atoms with Crippen LogP contribution in [0.1, 0.15) is 39.3 Å².